The average Bonchev–Trinajstić information content (AvgIpc) is 2.26. The molecule has 90 valence electrons. The second-order valence-electron chi connectivity index (χ2n) is 3.22. The first kappa shape index (κ1) is 13.8. The van der Waals surface area contributed by atoms with E-state index in [4.69, 9.17) is 16.7 Å². The smallest absolute Gasteiger partial charge is 0.395 e. The zero-order valence-electron chi connectivity index (χ0n) is 8.01. The van der Waals surface area contributed by atoms with Crippen LogP contribution in [0.1, 0.15) is 16.5 Å². The van der Waals surface area contributed by atoms with Gasteiger partial charge in [-0.05, 0) is 11.6 Å². The van der Waals surface area contributed by atoms with Gasteiger partial charge in [0.2, 0.25) is 0 Å². The highest BCUT2D eigenvalue weighted by atomic mass is 79.9. The summed E-state index contributed by atoms with van der Waals surface area (Å²) < 4.78 is 37.2. The van der Waals surface area contributed by atoms with Gasteiger partial charge < -0.3 is 5.11 Å². The number of hydrogen-bond acceptors (Lipinski definition) is 1. The monoisotopic (exact) mass is 316 g/mol. The Morgan fingerprint density at radius 2 is 2.00 bits per heavy atom. The van der Waals surface area contributed by atoms with E-state index in [1.165, 1.54) is 12.1 Å². The maximum Gasteiger partial charge on any atom is 0.416 e. The van der Waals surface area contributed by atoms with Gasteiger partial charge in [0.15, 0.2) is 0 Å². The fourth-order valence-corrected chi connectivity index (χ4v) is 1.71. The van der Waals surface area contributed by atoms with Gasteiger partial charge in [-0.1, -0.05) is 34.1 Å². The van der Waals surface area contributed by atoms with Crippen molar-refractivity contribution in [2.45, 2.75) is 16.4 Å². The molecule has 0 aromatic heterocycles. The topological polar surface area (TPSA) is 20.2 Å². The molecular weight excluding hydrogens is 308 g/mol. The van der Waals surface area contributed by atoms with Crippen molar-refractivity contribution in [2.24, 2.45) is 0 Å². The second kappa shape index (κ2) is 5.38. The van der Waals surface area contributed by atoms with Gasteiger partial charge in [0.25, 0.3) is 0 Å². The van der Waals surface area contributed by atoms with E-state index in [2.05, 4.69) is 15.9 Å². The predicted molar refractivity (Wildman–Crippen MR) is 59.8 cm³/mol. The largest absolute Gasteiger partial charge is 0.416 e. The Kier molecular flexibility index (Phi) is 4.64. The standard InChI is InChI=1S/C10H9BrClF3O/c11-8(5-16)9(12)6-2-1-3-7(4-6)10(13,14)15/h1-4,8-9,16H,5H2. The Hall–Kier alpha value is -0.260. The molecular formula is C10H9BrClF3O. The first-order chi connectivity index (χ1) is 7.36. The third-order valence-electron chi connectivity index (χ3n) is 2.02. The third-order valence-corrected chi connectivity index (χ3v) is 3.70. The van der Waals surface area contributed by atoms with E-state index in [9.17, 15) is 13.2 Å². The van der Waals surface area contributed by atoms with E-state index in [0.717, 1.165) is 12.1 Å². The molecule has 1 aromatic carbocycles. The number of hydrogen-bond donors (Lipinski definition) is 1. The molecule has 0 aliphatic carbocycles. The van der Waals surface area contributed by atoms with Crippen molar-refractivity contribution in [3.63, 3.8) is 0 Å². The van der Waals surface area contributed by atoms with E-state index in [-0.39, 0.29) is 6.61 Å². The van der Waals surface area contributed by atoms with Crippen molar-refractivity contribution < 1.29 is 18.3 Å². The maximum absolute atomic E-state index is 12.4. The number of alkyl halides is 5. The summed E-state index contributed by atoms with van der Waals surface area (Å²) in [6.45, 7) is -0.246. The quantitative estimate of drug-likeness (QED) is 0.842. The Labute approximate surface area is 104 Å². The molecule has 0 saturated heterocycles. The van der Waals surface area contributed by atoms with Crippen LogP contribution in [0, 0.1) is 0 Å². The first-order valence-corrected chi connectivity index (χ1v) is 5.77. The fraction of sp³-hybridized carbons (Fsp3) is 0.400. The minimum atomic E-state index is -4.38. The number of aliphatic hydroxyl groups is 1. The molecule has 0 aliphatic heterocycles. The summed E-state index contributed by atoms with van der Waals surface area (Å²) in [6.07, 6.45) is -4.38. The maximum atomic E-state index is 12.4. The fourth-order valence-electron chi connectivity index (χ4n) is 1.19. The Morgan fingerprint density at radius 1 is 1.38 bits per heavy atom. The summed E-state index contributed by atoms with van der Waals surface area (Å²) in [6, 6.07) is 4.76. The highest BCUT2D eigenvalue weighted by Gasteiger charge is 2.31. The van der Waals surface area contributed by atoms with Gasteiger partial charge >= 0.3 is 6.18 Å². The van der Waals surface area contributed by atoms with E-state index in [1.807, 2.05) is 0 Å². The number of halogens is 5. The number of aliphatic hydroxyl groups excluding tert-OH is 1. The number of rotatable bonds is 3. The molecule has 1 aromatic rings. The summed E-state index contributed by atoms with van der Waals surface area (Å²) in [5, 5.41) is 8.14. The van der Waals surface area contributed by atoms with Gasteiger partial charge in [-0.3, -0.25) is 0 Å². The van der Waals surface area contributed by atoms with Crippen LogP contribution in [-0.2, 0) is 6.18 Å². The van der Waals surface area contributed by atoms with Crippen molar-refractivity contribution in [3.8, 4) is 0 Å². The van der Waals surface area contributed by atoms with Gasteiger partial charge in [-0.25, -0.2) is 0 Å². The van der Waals surface area contributed by atoms with Gasteiger partial charge in [0, 0.05) is 0 Å². The van der Waals surface area contributed by atoms with Crippen LogP contribution in [0.4, 0.5) is 13.2 Å². The highest BCUT2D eigenvalue weighted by molar-refractivity contribution is 9.09. The molecule has 6 heteroatoms. The minimum Gasteiger partial charge on any atom is -0.395 e. The van der Waals surface area contributed by atoms with Gasteiger partial charge in [0.05, 0.1) is 22.4 Å². The van der Waals surface area contributed by atoms with Crippen molar-refractivity contribution in [2.75, 3.05) is 6.61 Å². The average molecular weight is 318 g/mol. The van der Waals surface area contributed by atoms with Crippen molar-refractivity contribution in [1.82, 2.24) is 0 Å². The lowest BCUT2D eigenvalue weighted by Gasteiger charge is -2.16. The van der Waals surface area contributed by atoms with Crippen LogP contribution >= 0.6 is 27.5 Å². The lowest BCUT2D eigenvalue weighted by atomic mass is 10.1. The predicted octanol–water partition coefficient (Wildman–Crippen LogP) is 3.74. The van der Waals surface area contributed by atoms with Crippen LogP contribution in [0.5, 0.6) is 0 Å². The van der Waals surface area contributed by atoms with Crippen LogP contribution < -0.4 is 0 Å². The van der Waals surface area contributed by atoms with E-state index in [1.54, 1.807) is 0 Å². The zero-order valence-corrected chi connectivity index (χ0v) is 10.4. The molecule has 16 heavy (non-hydrogen) atoms. The van der Waals surface area contributed by atoms with Gasteiger partial charge in [-0.15, -0.1) is 11.6 Å². The molecule has 0 saturated carbocycles. The Bertz CT molecular complexity index is 356. The summed E-state index contributed by atoms with van der Waals surface area (Å²) in [7, 11) is 0. The molecule has 1 nitrogen and oxygen atoms in total. The molecule has 2 atom stereocenters. The molecule has 0 bridgehead atoms. The van der Waals surface area contributed by atoms with E-state index < -0.39 is 21.9 Å². The van der Waals surface area contributed by atoms with Crippen LogP contribution in [0.15, 0.2) is 24.3 Å². The van der Waals surface area contributed by atoms with E-state index in [0.29, 0.717) is 5.56 Å². The minimum absolute atomic E-state index is 0.246. The molecule has 1 N–H and O–H groups in total. The number of benzene rings is 1. The van der Waals surface area contributed by atoms with E-state index >= 15 is 0 Å². The Balaban J connectivity index is 2.99. The lowest BCUT2D eigenvalue weighted by molar-refractivity contribution is -0.137. The first-order valence-electron chi connectivity index (χ1n) is 4.42. The van der Waals surface area contributed by atoms with Crippen molar-refractivity contribution in [1.29, 1.82) is 0 Å². The summed E-state index contributed by atoms with van der Waals surface area (Å²) >= 11 is 9.00. The summed E-state index contributed by atoms with van der Waals surface area (Å²) in [4.78, 5) is -0.474. The molecule has 0 fully saturated rings. The Morgan fingerprint density at radius 3 is 2.50 bits per heavy atom. The normalized spacial score (nSPS) is 15.9. The highest BCUT2D eigenvalue weighted by Crippen LogP contribution is 2.34. The molecule has 2 unspecified atom stereocenters. The van der Waals surface area contributed by atoms with Crippen LogP contribution in [0.25, 0.3) is 0 Å². The lowest BCUT2D eigenvalue weighted by Crippen LogP contribution is -2.13. The molecule has 0 aliphatic rings. The van der Waals surface area contributed by atoms with Crippen LogP contribution in [0.2, 0.25) is 0 Å². The second-order valence-corrected chi connectivity index (χ2v) is 4.87. The summed E-state index contributed by atoms with van der Waals surface area (Å²) in [5.74, 6) is 0. The third kappa shape index (κ3) is 3.37. The SMILES string of the molecule is OCC(Br)C(Cl)c1cccc(C(F)(F)F)c1. The van der Waals surface area contributed by atoms with Crippen molar-refractivity contribution in [3.05, 3.63) is 35.4 Å². The molecule has 0 radical (unpaired) electrons. The molecule has 0 heterocycles. The zero-order chi connectivity index (χ0) is 12.3. The van der Waals surface area contributed by atoms with Crippen molar-refractivity contribution >= 4 is 27.5 Å². The van der Waals surface area contributed by atoms with Gasteiger partial charge in [-0.2, -0.15) is 13.2 Å². The summed E-state index contributed by atoms with van der Waals surface area (Å²) in [5.41, 5.74) is -0.416. The molecule has 1 rings (SSSR count). The van der Waals surface area contributed by atoms with Crippen LogP contribution in [0.3, 0.4) is 0 Å². The van der Waals surface area contributed by atoms with Gasteiger partial charge in [0.1, 0.15) is 0 Å². The molecule has 0 spiro atoms. The molecule has 0 amide bonds. The van der Waals surface area contributed by atoms with Crippen LogP contribution in [-0.4, -0.2) is 16.5 Å².